The minimum absolute atomic E-state index is 0.282. The van der Waals surface area contributed by atoms with Crippen molar-refractivity contribution in [2.75, 3.05) is 4.72 Å². The SMILES string of the molecule is Cc1c(S(=O)(=O)Nc2ccccc2)cnc2c1CCC(C)C2. The van der Waals surface area contributed by atoms with Crippen LogP contribution in [-0.2, 0) is 22.9 Å². The summed E-state index contributed by atoms with van der Waals surface area (Å²) in [6.45, 7) is 4.09. The quantitative estimate of drug-likeness (QED) is 0.945. The van der Waals surface area contributed by atoms with E-state index in [1.807, 2.05) is 13.0 Å². The average molecular weight is 316 g/mol. The average Bonchev–Trinajstić information content (AvgIpc) is 2.47. The van der Waals surface area contributed by atoms with Crippen molar-refractivity contribution >= 4 is 15.7 Å². The van der Waals surface area contributed by atoms with Gasteiger partial charge in [-0.05, 0) is 55.4 Å². The highest BCUT2D eigenvalue weighted by atomic mass is 32.2. The van der Waals surface area contributed by atoms with Gasteiger partial charge in [0, 0.05) is 17.6 Å². The highest BCUT2D eigenvalue weighted by Gasteiger charge is 2.24. The number of sulfonamides is 1. The molecule has 2 aromatic rings. The van der Waals surface area contributed by atoms with E-state index in [0.29, 0.717) is 11.6 Å². The summed E-state index contributed by atoms with van der Waals surface area (Å²) in [6, 6.07) is 8.93. The second kappa shape index (κ2) is 5.72. The molecule has 0 saturated carbocycles. The Balaban J connectivity index is 1.98. The molecule has 5 heteroatoms. The van der Waals surface area contributed by atoms with E-state index in [1.165, 1.54) is 6.20 Å². The van der Waals surface area contributed by atoms with Gasteiger partial charge in [-0.2, -0.15) is 0 Å². The number of para-hydroxylation sites is 1. The lowest BCUT2D eigenvalue weighted by atomic mass is 9.86. The van der Waals surface area contributed by atoms with Crippen LogP contribution in [0.1, 0.15) is 30.2 Å². The molecule has 22 heavy (non-hydrogen) atoms. The predicted molar refractivity (Wildman–Crippen MR) is 87.4 cm³/mol. The zero-order chi connectivity index (χ0) is 15.7. The standard InChI is InChI=1S/C17H20N2O2S/c1-12-8-9-15-13(2)17(11-18-16(15)10-12)22(20,21)19-14-6-4-3-5-7-14/h3-7,11-12,19H,8-10H2,1-2H3. The maximum atomic E-state index is 12.6. The van der Waals surface area contributed by atoms with Crippen molar-refractivity contribution in [1.82, 2.24) is 4.98 Å². The van der Waals surface area contributed by atoms with Gasteiger partial charge in [-0.1, -0.05) is 25.1 Å². The maximum Gasteiger partial charge on any atom is 0.263 e. The van der Waals surface area contributed by atoms with Gasteiger partial charge in [-0.3, -0.25) is 9.71 Å². The number of anilines is 1. The highest BCUT2D eigenvalue weighted by molar-refractivity contribution is 7.92. The summed E-state index contributed by atoms with van der Waals surface area (Å²) in [5.74, 6) is 0.615. The molecule has 1 atom stereocenters. The number of benzene rings is 1. The van der Waals surface area contributed by atoms with Gasteiger partial charge in [0.25, 0.3) is 10.0 Å². The molecule has 116 valence electrons. The molecule has 0 radical (unpaired) electrons. The van der Waals surface area contributed by atoms with E-state index in [9.17, 15) is 8.42 Å². The van der Waals surface area contributed by atoms with E-state index in [1.54, 1.807) is 24.3 Å². The fourth-order valence-electron chi connectivity index (χ4n) is 2.99. The highest BCUT2D eigenvalue weighted by Crippen LogP contribution is 2.30. The number of fused-ring (bicyclic) bond motifs is 1. The Hall–Kier alpha value is -1.88. The van der Waals surface area contributed by atoms with Gasteiger partial charge < -0.3 is 0 Å². The number of nitrogens with one attached hydrogen (secondary N) is 1. The van der Waals surface area contributed by atoms with Crippen LogP contribution in [0, 0.1) is 12.8 Å². The summed E-state index contributed by atoms with van der Waals surface area (Å²) in [5, 5.41) is 0. The molecule has 1 N–H and O–H groups in total. The van der Waals surface area contributed by atoms with Crippen LogP contribution in [0.25, 0.3) is 0 Å². The Labute approximate surface area is 131 Å². The zero-order valence-electron chi connectivity index (χ0n) is 12.8. The molecular weight excluding hydrogens is 296 g/mol. The van der Waals surface area contributed by atoms with Gasteiger partial charge in [-0.15, -0.1) is 0 Å². The summed E-state index contributed by atoms with van der Waals surface area (Å²) in [4.78, 5) is 4.70. The van der Waals surface area contributed by atoms with Gasteiger partial charge >= 0.3 is 0 Å². The van der Waals surface area contributed by atoms with Crippen LogP contribution < -0.4 is 4.72 Å². The Morgan fingerprint density at radius 3 is 2.68 bits per heavy atom. The van der Waals surface area contributed by atoms with Crippen LogP contribution in [-0.4, -0.2) is 13.4 Å². The van der Waals surface area contributed by atoms with E-state index in [-0.39, 0.29) is 4.90 Å². The number of rotatable bonds is 3. The number of nitrogens with zero attached hydrogens (tertiary/aromatic N) is 1. The van der Waals surface area contributed by atoms with Crippen molar-refractivity contribution in [2.45, 2.75) is 38.0 Å². The second-order valence-electron chi connectivity index (χ2n) is 5.99. The molecule has 1 heterocycles. The Bertz CT molecular complexity index is 786. The number of pyridine rings is 1. The number of aromatic nitrogens is 1. The van der Waals surface area contributed by atoms with Crippen LogP contribution in [0.15, 0.2) is 41.4 Å². The molecule has 0 saturated heterocycles. The molecule has 0 fully saturated rings. The molecule has 1 aromatic carbocycles. The van der Waals surface area contributed by atoms with Gasteiger partial charge in [0.2, 0.25) is 0 Å². The van der Waals surface area contributed by atoms with E-state index < -0.39 is 10.0 Å². The first kappa shape index (κ1) is 15.0. The summed E-state index contributed by atoms with van der Waals surface area (Å²) in [7, 11) is -3.60. The third kappa shape index (κ3) is 2.86. The largest absolute Gasteiger partial charge is 0.280 e. The van der Waals surface area contributed by atoms with Gasteiger partial charge in [0.15, 0.2) is 0 Å². The minimum atomic E-state index is -3.60. The molecule has 3 rings (SSSR count). The lowest BCUT2D eigenvalue weighted by molar-refractivity contribution is 0.489. The first-order valence-corrected chi connectivity index (χ1v) is 9.01. The third-order valence-electron chi connectivity index (χ3n) is 4.25. The van der Waals surface area contributed by atoms with Crippen LogP contribution >= 0.6 is 0 Å². The van der Waals surface area contributed by atoms with Crippen molar-refractivity contribution in [2.24, 2.45) is 5.92 Å². The topological polar surface area (TPSA) is 59.1 Å². The Morgan fingerprint density at radius 1 is 1.23 bits per heavy atom. The second-order valence-corrected chi connectivity index (χ2v) is 7.64. The lowest BCUT2D eigenvalue weighted by Gasteiger charge is -2.23. The lowest BCUT2D eigenvalue weighted by Crippen LogP contribution is -2.19. The van der Waals surface area contributed by atoms with Crippen molar-refractivity contribution < 1.29 is 8.42 Å². The summed E-state index contributed by atoms with van der Waals surface area (Å²) in [5.41, 5.74) is 3.55. The van der Waals surface area contributed by atoms with Crippen LogP contribution in [0.5, 0.6) is 0 Å². The maximum absolute atomic E-state index is 12.6. The number of hydrogen-bond acceptors (Lipinski definition) is 3. The molecule has 0 amide bonds. The molecule has 0 aliphatic heterocycles. The first-order chi connectivity index (χ1) is 10.5. The third-order valence-corrected chi connectivity index (χ3v) is 5.75. The molecular formula is C17H20N2O2S. The molecule has 1 unspecified atom stereocenters. The van der Waals surface area contributed by atoms with Gasteiger partial charge in [0.1, 0.15) is 4.90 Å². The molecule has 0 bridgehead atoms. The van der Waals surface area contributed by atoms with Crippen molar-refractivity contribution in [3.8, 4) is 0 Å². The fraction of sp³-hybridized carbons (Fsp3) is 0.353. The molecule has 0 spiro atoms. The van der Waals surface area contributed by atoms with Crippen LogP contribution in [0.4, 0.5) is 5.69 Å². The van der Waals surface area contributed by atoms with Crippen LogP contribution in [0.3, 0.4) is 0 Å². The first-order valence-electron chi connectivity index (χ1n) is 7.52. The van der Waals surface area contributed by atoms with Crippen molar-refractivity contribution in [3.63, 3.8) is 0 Å². The van der Waals surface area contributed by atoms with E-state index in [0.717, 1.165) is 36.1 Å². The summed E-state index contributed by atoms with van der Waals surface area (Å²) < 4.78 is 27.9. The Kier molecular flexibility index (Phi) is 3.91. The van der Waals surface area contributed by atoms with E-state index >= 15 is 0 Å². The van der Waals surface area contributed by atoms with E-state index in [4.69, 9.17) is 0 Å². The van der Waals surface area contributed by atoms with Crippen molar-refractivity contribution in [3.05, 3.63) is 53.3 Å². The number of hydrogen-bond donors (Lipinski definition) is 1. The van der Waals surface area contributed by atoms with Gasteiger partial charge in [0.05, 0.1) is 0 Å². The Morgan fingerprint density at radius 2 is 1.95 bits per heavy atom. The predicted octanol–water partition coefficient (Wildman–Crippen LogP) is 3.32. The van der Waals surface area contributed by atoms with Crippen LogP contribution in [0.2, 0.25) is 0 Å². The molecule has 1 aliphatic carbocycles. The normalized spacial score (nSPS) is 17.8. The smallest absolute Gasteiger partial charge is 0.263 e. The minimum Gasteiger partial charge on any atom is -0.280 e. The molecule has 4 nitrogen and oxygen atoms in total. The van der Waals surface area contributed by atoms with Crippen molar-refractivity contribution in [1.29, 1.82) is 0 Å². The van der Waals surface area contributed by atoms with E-state index in [2.05, 4.69) is 16.6 Å². The monoisotopic (exact) mass is 316 g/mol. The fourth-order valence-corrected chi connectivity index (χ4v) is 4.27. The summed E-state index contributed by atoms with van der Waals surface area (Å²) in [6.07, 6.45) is 4.43. The zero-order valence-corrected chi connectivity index (χ0v) is 13.7. The summed E-state index contributed by atoms with van der Waals surface area (Å²) >= 11 is 0. The molecule has 1 aliphatic rings. The molecule has 1 aromatic heterocycles. The van der Waals surface area contributed by atoms with Gasteiger partial charge in [-0.25, -0.2) is 8.42 Å².